The molecular weight excluding hydrogens is 210 g/mol. The van der Waals surface area contributed by atoms with E-state index >= 15 is 0 Å². The van der Waals surface area contributed by atoms with Gasteiger partial charge in [0.2, 0.25) is 7.55 Å². The van der Waals surface area contributed by atoms with Gasteiger partial charge in [0.15, 0.2) is 0 Å². The maximum atomic E-state index is 6.96. The van der Waals surface area contributed by atoms with E-state index in [0.717, 1.165) is 13.1 Å². The van der Waals surface area contributed by atoms with Crippen LogP contribution in [0.15, 0.2) is 0 Å². The van der Waals surface area contributed by atoms with Crippen LogP contribution in [0.3, 0.4) is 0 Å². The standard InChI is InChI=1S/C11H26ClNSi/c1-7-11(6)14(12,10(4)5)13(8-2)9-3/h10-11H,7-9H2,1-6H3. The van der Waals surface area contributed by atoms with E-state index in [-0.39, 0.29) is 0 Å². The van der Waals surface area contributed by atoms with Crippen LogP contribution in [-0.4, -0.2) is 25.2 Å². The molecule has 0 bridgehead atoms. The van der Waals surface area contributed by atoms with E-state index in [4.69, 9.17) is 11.1 Å². The fourth-order valence-corrected chi connectivity index (χ4v) is 7.45. The summed E-state index contributed by atoms with van der Waals surface area (Å²) in [5.41, 5.74) is 1.29. The number of hydrogen-bond acceptors (Lipinski definition) is 1. The monoisotopic (exact) mass is 235 g/mol. The molecule has 0 fully saturated rings. The molecule has 0 aliphatic rings. The van der Waals surface area contributed by atoms with Crippen molar-refractivity contribution in [1.82, 2.24) is 4.57 Å². The molecule has 0 amide bonds. The number of halogens is 1. The van der Waals surface area contributed by atoms with Crippen LogP contribution in [-0.2, 0) is 0 Å². The molecule has 2 unspecified atom stereocenters. The minimum Gasteiger partial charge on any atom is -0.312 e. The maximum Gasteiger partial charge on any atom is 0.234 e. The molecule has 86 valence electrons. The molecule has 0 aliphatic heterocycles. The van der Waals surface area contributed by atoms with Gasteiger partial charge in [-0.3, -0.25) is 0 Å². The van der Waals surface area contributed by atoms with E-state index in [9.17, 15) is 0 Å². The SMILES string of the molecule is CCC(C)[Si](Cl)(C(C)C)N(CC)CC. The number of hydrogen-bond donors (Lipinski definition) is 0. The zero-order chi connectivity index (χ0) is 11.4. The molecular formula is C11H26ClNSi. The normalized spacial score (nSPS) is 18.6. The van der Waals surface area contributed by atoms with Crippen molar-refractivity contribution < 1.29 is 0 Å². The Hall–Kier alpha value is 0.467. The first kappa shape index (κ1) is 14.5. The van der Waals surface area contributed by atoms with Crippen LogP contribution < -0.4 is 0 Å². The van der Waals surface area contributed by atoms with Crippen LogP contribution in [0.25, 0.3) is 0 Å². The third-order valence-electron chi connectivity index (χ3n) is 3.36. The van der Waals surface area contributed by atoms with Gasteiger partial charge in [-0.25, -0.2) is 0 Å². The van der Waals surface area contributed by atoms with Gasteiger partial charge >= 0.3 is 0 Å². The summed E-state index contributed by atoms with van der Waals surface area (Å²) >= 11 is 6.96. The Bertz CT molecular complexity index is 159. The summed E-state index contributed by atoms with van der Waals surface area (Å²) in [5, 5.41) is 0. The summed E-state index contributed by atoms with van der Waals surface area (Å²) < 4.78 is 2.52. The first-order chi connectivity index (χ1) is 6.44. The third-order valence-corrected chi connectivity index (χ3v) is 11.5. The smallest absolute Gasteiger partial charge is 0.234 e. The first-order valence-corrected chi connectivity index (χ1v) is 9.00. The Morgan fingerprint density at radius 3 is 1.71 bits per heavy atom. The van der Waals surface area contributed by atoms with Gasteiger partial charge in [0.05, 0.1) is 0 Å². The van der Waals surface area contributed by atoms with Crippen LogP contribution in [0.1, 0.15) is 48.0 Å². The topological polar surface area (TPSA) is 3.24 Å². The summed E-state index contributed by atoms with van der Waals surface area (Å²) in [6.07, 6.45) is 1.20. The van der Waals surface area contributed by atoms with Crippen molar-refractivity contribution in [3.8, 4) is 0 Å². The highest BCUT2D eigenvalue weighted by molar-refractivity contribution is 7.20. The molecule has 0 radical (unpaired) electrons. The molecule has 0 aliphatic carbocycles. The fraction of sp³-hybridized carbons (Fsp3) is 1.00. The van der Waals surface area contributed by atoms with Crippen molar-refractivity contribution in [2.24, 2.45) is 0 Å². The van der Waals surface area contributed by atoms with Gasteiger partial charge in [0, 0.05) is 0 Å². The molecule has 3 heteroatoms. The average Bonchev–Trinajstić information content (AvgIpc) is 2.17. The third kappa shape index (κ3) is 2.74. The highest BCUT2D eigenvalue weighted by Crippen LogP contribution is 2.40. The first-order valence-electron chi connectivity index (χ1n) is 5.88. The second kappa shape index (κ2) is 6.14. The van der Waals surface area contributed by atoms with Gasteiger partial charge in [0.1, 0.15) is 0 Å². The zero-order valence-corrected chi connectivity index (χ0v) is 12.4. The van der Waals surface area contributed by atoms with Crippen molar-refractivity contribution in [3.05, 3.63) is 0 Å². The molecule has 0 rings (SSSR count). The molecule has 0 spiro atoms. The van der Waals surface area contributed by atoms with Crippen LogP contribution >= 0.6 is 11.1 Å². The van der Waals surface area contributed by atoms with Crippen molar-refractivity contribution in [1.29, 1.82) is 0 Å². The van der Waals surface area contributed by atoms with Crippen molar-refractivity contribution in [2.45, 2.75) is 59.0 Å². The van der Waals surface area contributed by atoms with Crippen LogP contribution in [0.4, 0.5) is 0 Å². The molecule has 0 aromatic heterocycles. The quantitative estimate of drug-likeness (QED) is 0.492. The Kier molecular flexibility index (Phi) is 6.34. The molecule has 0 heterocycles. The van der Waals surface area contributed by atoms with E-state index in [1.54, 1.807) is 0 Å². The van der Waals surface area contributed by atoms with Gasteiger partial charge < -0.3 is 4.57 Å². The minimum absolute atomic E-state index is 0.624. The molecule has 0 N–H and O–H groups in total. The summed E-state index contributed by atoms with van der Waals surface area (Å²) in [5.74, 6) is 0. The highest BCUT2D eigenvalue weighted by atomic mass is 35.6. The predicted molar refractivity (Wildman–Crippen MR) is 69.3 cm³/mol. The van der Waals surface area contributed by atoms with Crippen LogP contribution in [0, 0.1) is 0 Å². The fourth-order valence-electron chi connectivity index (χ4n) is 2.24. The van der Waals surface area contributed by atoms with Crippen LogP contribution in [0.2, 0.25) is 11.1 Å². The van der Waals surface area contributed by atoms with E-state index in [0.29, 0.717) is 11.1 Å². The molecule has 0 saturated carbocycles. The molecule has 2 atom stereocenters. The Morgan fingerprint density at radius 1 is 1.07 bits per heavy atom. The summed E-state index contributed by atoms with van der Waals surface area (Å²) in [7, 11) is -1.75. The van der Waals surface area contributed by atoms with Crippen molar-refractivity contribution >= 4 is 18.6 Å². The van der Waals surface area contributed by atoms with Gasteiger partial charge in [-0.1, -0.05) is 48.0 Å². The molecule has 0 aromatic carbocycles. The maximum absolute atomic E-state index is 6.96. The lowest BCUT2D eigenvalue weighted by Crippen LogP contribution is -2.54. The minimum atomic E-state index is -1.75. The number of nitrogens with zero attached hydrogens (tertiary/aromatic N) is 1. The Morgan fingerprint density at radius 2 is 1.50 bits per heavy atom. The molecule has 0 aromatic rings. The van der Waals surface area contributed by atoms with E-state index in [1.165, 1.54) is 6.42 Å². The van der Waals surface area contributed by atoms with Crippen LogP contribution in [0.5, 0.6) is 0 Å². The molecule has 14 heavy (non-hydrogen) atoms. The second-order valence-corrected chi connectivity index (χ2v) is 10.4. The Balaban J connectivity index is 4.86. The Labute approximate surface area is 95.6 Å². The van der Waals surface area contributed by atoms with Gasteiger partial charge in [-0.15, -0.1) is 11.1 Å². The lowest BCUT2D eigenvalue weighted by Gasteiger charge is -2.43. The van der Waals surface area contributed by atoms with E-state index in [2.05, 4.69) is 46.1 Å². The predicted octanol–water partition coefficient (Wildman–Crippen LogP) is 4.22. The zero-order valence-electron chi connectivity index (χ0n) is 10.6. The lowest BCUT2D eigenvalue weighted by molar-refractivity contribution is 0.449. The van der Waals surface area contributed by atoms with Gasteiger partial charge in [0.25, 0.3) is 0 Å². The molecule has 1 nitrogen and oxygen atoms in total. The molecule has 0 saturated heterocycles. The lowest BCUT2D eigenvalue weighted by atomic mass is 10.4. The largest absolute Gasteiger partial charge is 0.312 e. The van der Waals surface area contributed by atoms with E-state index in [1.807, 2.05) is 0 Å². The van der Waals surface area contributed by atoms with Crippen molar-refractivity contribution in [3.63, 3.8) is 0 Å². The van der Waals surface area contributed by atoms with Gasteiger partial charge in [-0.2, -0.15) is 0 Å². The summed E-state index contributed by atoms with van der Waals surface area (Å²) in [6, 6.07) is 0. The highest BCUT2D eigenvalue weighted by Gasteiger charge is 2.44. The van der Waals surface area contributed by atoms with Gasteiger partial charge in [-0.05, 0) is 24.2 Å². The summed E-state index contributed by atoms with van der Waals surface area (Å²) in [6.45, 7) is 15.8. The average molecular weight is 236 g/mol. The van der Waals surface area contributed by atoms with Crippen molar-refractivity contribution in [2.75, 3.05) is 13.1 Å². The number of rotatable bonds is 6. The summed E-state index contributed by atoms with van der Waals surface area (Å²) in [4.78, 5) is 0. The van der Waals surface area contributed by atoms with E-state index < -0.39 is 7.55 Å². The second-order valence-electron chi connectivity index (χ2n) is 4.36.